The maximum absolute atomic E-state index is 13.0. The monoisotopic (exact) mass is 251 g/mol. The molecule has 0 saturated carbocycles. The van der Waals surface area contributed by atoms with E-state index in [0.29, 0.717) is 12.5 Å². The number of ether oxygens (including phenoxy) is 1. The van der Waals surface area contributed by atoms with Gasteiger partial charge in [-0.2, -0.15) is 0 Å². The summed E-state index contributed by atoms with van der Waals surface area (Å²) >= 11 is 0. The van der Waals surface area contributed by atoms with Gasteiger partial charge in [-0.15, -0.1) is 0 Å². The lowest BCUT2D eigenvalue weighted by molar-refractivity contribution is 0.0645. The zero-order valence-electron chi connectivity index (χ0n) is 10.9. The lowest BCUT2D eigenvalue weighted by Gasteiger charge is -2.39. The smallest absolute Gasteiger partial charge is 0.196 e. The van der Waals surface area contributed by atoms with Crippen molar-refractivity contribution in [2.75, 3.05) is 18.6 Å². The van der Waals surface area contributed by atoms with Crippen LogP contribution in [0.25, 0.3) is 0 Å². The molecule has 0 aliphatic carbocycles. The molecule has 1 aliphatic heterocycles. The van der Waals surface area contributed by atoms with Crippen molar-refractivity contribution in [1.29, 1.82) is 0 Å². The fourth-order valence-electron chi connectivity index (χ4n) is 2.23. The van der Waals surface area contributed by atoms with Crippen molar-refractivity contribution in [3.63, 3.8) is 0 Å². The van der Waals surface area contributed by atoms with Crippen LogP contribution in [-0.4, -0.2) is 31.3 Å². The third-order valence-corrected chi connectivity index (χ3v) is 3.62. The highest BCUT2D eigenvalue weighted by Crippen LogP contribution is 2.32. The van der Waals surface area contributed by atoms with Crippen LogP contribution in [0.5, 0.6) is 0 Å². The SMILES string of the molecule is COC(C)C1(C)CN=C(N)N1c1ccc(F)cc1. The van der Waals surface area contributed by atoms with E-state index in [0.717, 1.165) is 5.69 Å². The van der Waals surface area contributed by atoms with E-state index in [-0.39, 0.29) is 17.5 Å². The topological polar surface area (TPSA) is 50.9 Å². The number of methoxy groups -OCH3 is 1. The van der Waals surface area contributed by atoms with Gasteiger partial charge in [0.05, 0.1) is 18.2 Å². The summed E-state index contributed by atoms with van der Waals surface area (Å²) in [6.45, 7) is 4.57. The number of hydrogen-bond acceptors (Lipinski definition) is 4. The Morgan fingerprint density at radius 2 is 2.06 bits per heavy atom. The Labute approximate surface area is 106 Å². The normalized spacial score (nSPS) is 25.1. The summed E-state index contributed by atoms with van der Waals surface area (Å²) < 4.78 is 18.4. The molecule has 1 aromatic rings. The van der Waals surface area contributed by atoms with Crippen molar-refractivity contribution in [1.82, 2.24) is 0 Å². The molecule has 0 bridgehead atoms. The van der Waals surface area contributed by atoms with Gasteiger partial charge in [0, 0.05) is 12.8 Å². The van der Waals surface area contributed by atoms with Gasteiger partial charge in [0.2, 0.25) is 0 Å². The predicted molar refractivity (Wildman–Crippen MR) is 70.2 cm³/mol. The summed E-state index contributed by atoms with van der Waals surface area (Å²) in [7, 11) is 1.66. The molecule has 4 nitrogen and oxygen atoms in total. The fourth-order valence-corrected chi connectivity index (χ4v) is 2.23. The molecule has 2 rings (SSSR count). The Kier molecular flexibility index (Phi) is 3.26. The van der Waals surface area contributed by atoms with E-state index in [2.05, 4.69) is 4.99 Å². The quantitative estimate of drug-likeness (QED) is 0.890. The van der Waals surface area contributed by atoms with E-state index in [9.17, 15) is 4.39 Å². The van der Waals surface area contributed by atoms with Gasteiger partial charge in [-0.05, 0) is 38.1 Å². The lowest BCUT2D eigenvalue weighted by atomic mass is 9.94. The highest BCUT2D eigenvalue weighted by Gasteiger charge is 2.43. The van der Waals surface area contributed by atoms with Crippen molar-refractivity contribution >= 4 is 11.6 Å². The Morgan fingerprint density at radius 1 is 1.44 bits per heavy atom. The number of aliphatic imine (C=N–C) groups is 1. The molecule has 0 spiro atoms. The number of halogens is 1. The second-order valence-corrected chi connectivity index (χ2v) is 4.72. The standard InChI is InChI=1S/C13H18FN3O/c1-9(18-3)13(2)8-16-12(15)17(13)11-6-4-10(14)5-7-11/h4-7,9H,8H2,1-3H3,(H2,15,16). The van der Waals surface area contributed by atoms with E-state index in [1.165, 1.54) is 12.1 Å². The molecule has 1 heterocycles. The van der Waals surface area contributed by atoms with Gasteiger partial charge < -0.3 is 15.4 Å². The highest BCUT2D eigenvalue weighted by atomic mass is 19.1. The van der Waals surface area contributed by atoms with Gasteiger partial charge in [-0.3, -0.25) is 4.99 Å². The molecule has 0 fully saturated rings. The molecule has 0 radical (unpaired) electrons. The molecule has 2 unspecified atom stereocenters. The van der Waals surface area contributed by atoms with Crippen molar-refractivity contribution < 1.29 is 9.13 Å². The second kappa shape index (κ2) is 4.57. The summed E-state index contributed by atoms with van der Waals surface area (Å²) in [6, 6.07) is 6.23. The second-order valence-electron chi connectivity index (χ2n) is 4.72. The molecule has 0 saturated heterocycles. The number of nitrogens with zero attached hydrogens (tertiary/aromatic N) is 2. The molecule has 2 atom stereocenters. The number of anilines is 1. The molecular formula is C13H18FN3O. The van der Waals surface area contributed by atoms with E-state index in [4.69, 9.17) is 10.5 Å². The molecule has 0 aromatic heterocycles. The Bertz CT molecular complexity index is 460. The predicted octanol–water partition coefficient (Wildman–Crippen LogP) is 1.75. The number of rotatable bonds is 3. The average molecular weight is 251 g/mol. The number of nitrogens with two attached hydrogens (primary N) is 1. The molecule has 1 aliphatic rings. The molecule has 18 heavy (non-hydrogen) atoms. The summed E-state index contributed by atoms with van der Waals surface area (Å²) in [5, 5.41) is 0. The summed E-state index contributed by atoms with van der Waals surface area (Å²) in [5.41, 5.74) is 6.41. The minimum absolute atomic E-state index is 0.0487. The maximum Gasteiger partial charge on any atom is 0.196 e. The Hall–Kier alpha value is -1.62. The van der Waals surface area contributed by atoms with Gasteiger partial charge in [0.25, 0.3) is 0 Å². The number of benzene rings is 1. The van der Waals surface area contributed by atoms with Gasteiger partial charge >= 0.3 is 0 Å². The first-order valence-corrected chi connectivity index (χ1v) is 5.87. The van der Waals surface area contributed by atoms with Crippen LogP contribution in [-0.2, 0) is 4.74 Å². The maximum atomic E-state index is 13.0. The first kappa shape index (κ1) is 12.8. The summed E-state index contributed by atoms with van der Waals surface area (Å²) in [5.74, 6) is 0.169. The van der Waals surface area contributed by atoms with Crippen LogP contribution in [0.1, 0.15) is 13.8 Å². The van der Waals surface area contributed by atoms with Gasteiger partial charge in [0.1, 0.15) is 5.82 Å². The van der Waals surface area contributed by atoms with Crippen LogP contribution in [0.3, 0.4) is 0 Å². The minimum atomic E-state index is -0.351. The van der Waals surface area contributed by atoms with Gasteiger partial charge in [-0.25, -0.2) is 4.39 Å². The van der Waals surface area contributed by atoms with E-state index in [1.54, 1.807) is 19.2 Å². The van der Waals surface area contributed by atoms with Crippen LogP contribution in [0.4, 0.5) is 10.1 Å². The molecular weight excluding hydrogens is 233 g/mol. The largest absolute Gasteiger partial charge is 0.379 e. The third kappa shape index (κ3) is 1.95. The summed E-state index contributed by atoms with van der Waals surface area (Å²) in [4.78, 5) is 6.19. The van der Waals surface area contributed by atoms with Gasteiger partial charge in [-0.1, -0.05) is 0 Å². The lowest BCUT2D eigenvalue weighted by Crippen LogP contribution is -2.56. The summed E-state index contributed by atoms with van der Waals surface area (Å²) in [6.07, 6.45) is -0.0487. The zero-order valence-corrected chi connectivity index (χ0v) is 10.9. The van der Waals surface area contributed by atoms with Crippen LogP contribution < -0.4 is 10.6 Å². The van der Waals surface area contributed by atoms with Crippen molar-refractivity contribution in [3.05, 3.63) is 30.1 Å². The first-order valence-electron chi connectivity index (χ1n) is 5.87. The third-order valence-electron chi connectivity index (χ3n) is 3.62. The number of hydrogen-bond donors (Lipinski definition) is 1. The first-order chi connectivity index (χ1) is 8.49. The van der Waals surface area contributed by atoms with Crippen molar-refractivity contribution in [2.45, 2.75) is 25.5 Å². The minimum Gasteiger partial charge on any atom is -0.379 e. The average Bonchev–Trinajstić information content (AvgIpc) is 2.67. The van der Waals surface area contributed by atoms with Gasteiger partial charge in [0.15, 0.2) is 5.96 Å². The van der Waals surface area contributed by atoms with Crippen molar-refractivity contribution in [2.24, 2.45) is 10.7 Å². The van der Waals surface area contributed by atoms with Crippen LogP contribution >= 0.6 is 0 Å². The van der Waals surface area contributed by atoms with Crippen LogP contribution in [0, 0.1) is 5.82 Å². The highest BCUT2D eigenvalue weighted by molar-refractivity contribution is 5.98. The Balaban J connectivity index is 2.39. The van der Waals surface area contributed by atoms with E-state index >= 15 is 0 Å². The van der Waals surface area contributed by atoms with Crippen LogP contribution in [0.15, 0.2) is 29.3 Å². The molecule has 1 aromatic carbocycles. The molecule has 98 valence electrons. The Morgan fingerprint density at radius 3 is 2.61 bits per heavy atom. The molecule has 2 N–H and O–H groups in total. The van der Waals surface area contributed by atoms with Crippen molar-refractivity contribution in [3.8, 4) is 0 Å². The number of guanidine groups is 1. The fraction of sp³-hybridized carbons (Fsp3) is 0.462. The van der Waals surface area contributed by atoms with E-state index in [1.807, 2.05) is 18.7 Å². The molecule has 5 heteroatoms. The molecule has 0 amide bonds. The zero-order chi connectivity index (χ0) is 13.3. The van der Waals surface area contributed by atoms with Crippen LogP contribution in [0.2, 0.25) is 0 Å². The van der Waals surface area contributed by atoms with E-state index < -0.39 is 0 Å².